The molecule has 1 saturated heterocycles. The monoisotopic (exact) mass is 345 g/mol. The Morgan fingerprint density at radius 3 is 2.75 bits per heavy atom. The largest absolute Gasteiger partial charge is 0.444 e. The molecule has 128 valence electrons. The first-order valence-electron chi connectivity index (χ1n) is 8.37. The van der Waals surface area contributed by atoms with Crippen LogP contribution in [0.15, 0.2) is 41.0 Å². The molecule has 24 heavy (non-hydrogen) atoms. The van der Waals surface area contributed by atoms with E-state index in [-0.39, 0.29) is 11.8 Å². The SMILES string of the molecule is O=C(NCCS)C1CCN(Cc2coc(-c3ccccc3)n2)CC1. The second-order valence-corrected chi connectivity index (χ2v) is 6.52. The predicted molar refractivity (Wildman–Crippen MR) is 96.8 cm³/mol. The number of hydrogen-bond donors (Lipinski definition) is 2. The van der Waals surface area contributed by atoms with Crippen molar-refractivity contribution in [1.82, 2.24) is 15.2 Å². The zero-order chi connectivity index (χ0) is 16.8. The molecule has 0 bridgehead atoms. The van der Waals surface area contributed by atoms with E-state index in [0.717, 1.165) is 43.7 Å². The van der Waals surface area contributed by atoms with E-state index in [2.05, 4.69) is 27.8 Å². The Bertz CT molecular complexity index is 651. The zero-order valence-corrected chi connectivity index (χ0v) is 14.5. The second-order valence-electron chi connectivity index (χ2n) is 6.08. The number of nitrogens with one attached hydrogen (secondary N) is 1. The van der Waals surface area contributed by atoms with Crippen LogP contribution in [0.3, 0.4) is 0 Å². The molecule has 0 spiro atoms. The lowest BCUT2D eigenvalue weighted by Crippen LogP contribution is -2.40. The molecular formula is C18H23N3O2S. The summed E-state index contributed by atoms with van der Waals surface area (Å²) >= 11 is 4.12. The molecule has 0 atom stereocenters. The van der Waals surface area contributed by atoms with Crippen molar-refractivity contribution in [3.8, 4) is 11.5 Å². The van der Waals surface area contributed by atoms with Gasteiger partial charge in [-0.3, -0.25) is 9.69 Å². The molecule has 1 amide bonds. The number of thiol groups is 1. The Labute approximate surface area is 147 Å². The van der Waals surface area contributed by atoms with Crippen molar-refractivity contribution >= 4 is 18.5 Å². The molecule has 1 aliphatic rings. The summed E-state index contributed by atoms with van der Waals surface area (Å²) in [6.45, 7) is 3.23. The number of likely N-dealkylation sites (tertiary alicyclic amines) is 1. The van der Waals surface area contributed by atoms with Gasteiger partial charge in [0.2, 0.25) is 11.8 Å². The van der Waals surface area contributed by atoms with Gasteiger partial charge in [-0.2, -0.15) is 12.6 Å². The lowest BCUT2D eigenvalue weighted by molar-refractivity contribution is -0.126. The van der Waals surface area contributed by atoms with Gasteiger partial charge in [0, 0.05) is 30.3 Å². The predicted octanol–water partition coefficient (Wildman–Crippen LogP) is 2.60. The van der Waals surface area contributed by atoms with Crippen LogP contribution in [-0.4, -0.2) is 41.2 Å². The van der Waals surface area contributed by atoms with Crippen LogP contribution >= 0.6 is 12.6 Å². The lowest BCUT2D eigenvalue weighted by atomic mass is 9.96. The highest BCUT2D eigenvalue weighted by atomic mass is 32.1. The van der Waals surface area contributed by atoms with E-state index in [0.29, 0.717) is 18.2 Å². The molecule has 0 unspecified atom stereocenters. The van der Waals surface area contributed by atoms with Gasteiger partial charge in [0.05, 0.1) is 5.69 Å². The molecule has 1 aromatic heterocycles. The molecule has 1 fully saturated rings. The van der Waals surface area contributed by atoms with Gasteiger partial charge in [-0.25, -0.2) is 4.98 Å². The first kappa shape index (κ1) is 17.0. The van der Waals surface area contributed by atoms with Crippen LogP contribution in [0.2, 0.25) is 0 Å². The zero-order valence-electron chi connectivity index (χ0n) is 13.6. The fourth-order valence-electron chi connectivity index (χ4n) is 3.00. The highest BCUT2D eigenvalue weighted by Gasteiger charge is 2.25. The average Bonchev–Trinajstić information content (AvgIpc) is 3.09. The summed E-state index contributed by atoms with van der Waals surface area (Å²) in [7, 11) is 0. The fourth-order valence-corrected chi connectivity index (χ4v) is 3.11. The topological polar surface area (TPSA) is 58.4 Å². The summed E-state index contributed by atoms with van der Waals surface area (Å²) in [4.78, 5) is 18.9. The minimum absolute atomic E-state index is 0.123. The number of nitrogens with zero attached hydrogens (tertiary/aromatic N) is 2. The maximum absolute atomic E-state index is 12.0. The minimum atomic E-state index is 0.123. The quantitative estimate of drug-likeness (QED) is 0.790. The smallest absolute Gasteiger partial charge is 0.226 e. The van der Waals surface area contributed by atoms with Gasteiger partial charge in [-0.05, 0) is 38.1 Å². The van der Waals surface area contributed by atoms with Crippen LogP contribution in [0, 0.1) is 5.92 Å². The number of carbonyl (C=O) groups is 1. The van der Waals surface area contributed by atoms with E-state index in [1.807, 2.05) is 30.3 Å². The van der Waals surface area contributed by atoms with E-state index in [9.17, 15) is 4.79 Å². The average molecular weight is 345 g/mol. The summed E-state index contributed by atoms with van der Waals surface area (Å²) in [5.74, 6) is 1.63. The van der Waals surface area contributed by atoms with Crippen LogP contribution in [0.25, 0.3) is 11.5 Å². The van der Waals surface area contributed by atoms with Crippen LogP contribution in [-0.2, 0) is 11.3 Å². The Morgan fingerprint density at radius 1 is 1.29 bits per heavy atom. The molecular weight excluding hydrogens is 322 g/mol. The van der Waals surface area contributed by atoms with Gasteiger partial charge in [-0.1, -0.05) is 18.2 Å². The number of oxazole rings is 1. The Morgan fingerprint density at radius 2 is 2.04 bits per heavy atom. The van der Waals surface area contributed by atoms with Crippen molar-refractivity contribution in [3.63, 3.8) is 0 Å². The number of amides is 1. The van der Waals surface area contributed by atoms with E-state index in [1.54, 1.807) is 6.26 Å². The summed E-state index contributed by atoms with van der Waals surface area (Å²) in [6.07, 6.45) is 3.51. The number of hydrogen-bond acceptors (Lipinski definition) is 5. The molecule has 1 aliphatic heterocycles. The molecule has 0 saturated carbocycles. The maximum Gasteiger partial charge on any atom is 0.226 e. The van der Waals surface area contributed by atoms with Crippen molar-refractivity contribution in [3.05, 3.63) is 42.3 Å². The third-order valence-corrected chi connectivity index (χ3v) is 4.55. The van der Waals surface area contributed by atoms with Crippen LogP contribution in [0.4, 0.5) is 0 Å². The number of benzene rings is 1. The maximum atomic E-state index is 12.0. The van der Waals surface area contributed by atoms with E-state index < -0.39 is 0 Å². The fraction of sp³-hybridized carbons (Fsp3) is 0.444. The van der Waals surface area contributed by atoms with Crippen LogP contribution in [0.1, 0.15) is 18.5 Å². The molecule has 1 aromatic carbocycles. The lowest BCUT2D eigenvalue weighted by Gasteiger charge is -2.30. The van der Waals surface area contributed by atoms with Crippen LogP contribution in [0.5, 0.6) is 0 Å². The van der Waals surface area contributed by atoms with Gasteiger partial charge >= 0.3 is 0 Å². The van der Waals surface area contributed by atoms with Crippen molar-refractivity contribution in [2.45, 2.75) is 19.4 Å². The van der Waals surface area contributed by atoms with Gasteiger partial charge in [0.1, 0.15) is 6.26 Å². The number of aromatic nitrogens is 1. The van der Waals surface area contributed by atoms with E-state index in [4.69, 9.17) is 4.42 Å². The first-order chi connectivity index (χ1) is 11.8. The normalized spacial score (nSPS) is 16.2. The molecule has 1 N–H and O–H groups in total. The Hall–Kier alpha value is -1.79. The number of carbonyl (C=O) groups excluding carboxylic acids is 1. The molecule has 6 heteroatoms. The third-order valence-electron chi connectivity index (χ3n) is 4.33. The van der Waals surface area contributed by atoms with Crippen molar-refractivity contribution in [2.24, 2.45) is 5.92 Å². The first-order valence-corrected chi connectivity index (χ1v) is 9.00. The van der Waals surface area contributed by atoms with Gasteiger partial charge in [-0.15, -0.1) is 0 Å². The summed E-state index contributed by atoms with van der Waals surface area (Å²) in [6, 6.07) is 9.91. The minimum Gasteiger partial charge on any atom is -0.444 e. The Balaban J connectivity index is 1.50. The standard InChI is InChI=1S/C18H23N3O2S/c22-17(19-8-11-24)14-6-9-21(10-7-14)12-16-13-23-18(20-16)15-4-2-1-3-5-15/h1-5,13-14,24H,6-12H2,(H,19,22). The van der Waals surface area contributed by atoms with Gasteiger partial charge in [0.15, 0.2) is 0 Å². The van der Waals surface area contributed by atoms with Crippen molar-refractivity contribution < 1.29 is 9.21 Å². The van der Waals surface area contributed by atoms with Gasteiger partial charge < -0.3 is 9.73 Å². The van der Waals surface area contributed by atoms with E-state index in [1.165, 1.54) is 0 Å². The third kappa shape index (κ3) is 4.39. The Kier molecular flexibility index (Phi) is 5.93. The van der Waals surface area contributed by atoms with Crippen molar-refractivity contribution in [1.29, 1.82) is 0 Å². The van der Waals surface area contributed by atoms with Crippen molar-refractivity contribution in [2.75, 3.05) is 25.4 Å². The molecule has 2 aromatic rings. The highest BCUT2D eigenvalue weighted by Crippen LogP contribution is 2.21. The molecule has 2 heterocycles. The van der Waals surface area contributed by atoms with E-state index >= 15 is 0 Å². The van der Waals surface area contributed by atoms with Gasteiger partial charge in [0.25, 0.3) is 0 Å². The molecule has 3 rings (SSSR count). The number of piperidine rings is 1. The van der Waals surface area contributed by atoms with Crippen LogP contribution < -0.4 is 5.32 Å². The summed E-state index contributed by atoms with van der Waals surface area (Å²) in [5, 5.41) is 2.93. The molecule has 0 aliphatic carbocycles. The molecule has 0 radical (unpaired) electrons. The highest BCUT2D eigenvalue weighted by molar-refractivity contribution is 7.80. The number of rotatable bonds is 6. The molecule has 5 nitrogen and oxygen atoms in total. The summed E-state index contributed by atoms with van der Waals surface area (Å²) in [5.41, 5.74) is 1.93. The second kappa shape index (κ2) is 8.35. The summed E-state index contributed by atoms with van der Waals surface area (Å²) < 4.78 is 5.59.